The number of methoxy groups -OCH3 is 3. The average molecular weight is 309 g/mol. The molecular weight excluding hydrogens is 292 g/mol. The minimum Gasteiger partial charge on any atom is -0.497 e. The molecule has 0 fully saturated rings. The monoisotopic (exact) mass is 308 g/mol. The molecule has 0 radical (unpaired) electrons. The molecule has 0 aliphatic carbocycles. The summed E-state index contributed by atoms with van der Waals surface area (Å²) in [4.78, 5) is 0. The molecule has 2 aromatic rings. The zero-order chi connectivity index (χ0) is 15.4. The van der Waals surface area contributed by atoms with Gasteiger partial charge in [0.15, 0.2) is 11.5 Å². The first-order valence-electron chi connectivity index (χ1n) is 6.34. The van der Waals surface area contributed by atoms with Gasteiger partial charge in [-0.3, -0.25) is 0 Å². The second-order valence-corrected chi connectivity index (χ2v) is 4.82. The van der Waals surface area contributed by atoms with Gasteiger partial charge in [0.25, 0.3) is 0 Å². The summed E-state index contributed by atoms with van der Waals surface area (Å²) in [6.45, 7) is 0. The summed E-state index contributed by atoms with van der Waals surface area (Å²) in [5, 5.41) is 10.9. The quantitative estimate of drug-likeness (QED) is 0.919. The summed E-state index contributed by atoms with van der Waals surface area (Å²) in [5.74, 6) is 1.60. The van der Waals surface area contributed by atoms with E-state index >= 15 is 0 Å². The Kier molecular flexibility index (Phi) is 4.94. The van der Waals surface area contributed by atoms with Crippen molar-refractivity contribution in [2.45, 2.75) is 6.10 Å². The topological polar surface area (TPSA) is 47.9 Å². The first-order chi connectivity index (χ1) is 10.1. The standard InChI is InChI=1S/C16H17ClO4/c1-19-12-6-4-5-10(7-12)15(18)11-8-13(17)16(21-3)14(9-11)20-2/h4-9,15,18H,1-3H3. The predicted octanol–water partition coefficient (Wildman–Crippen LogP) is 3.45. The average Bonchev–Trinajstić information content (AvgIpc) is 2.53. The van der Waals surface area contributed by atoms with Crippen molar-refractivity contribution in [3.05, 3.63) is 52.5 Å². The van der Waals surface area contributed by atoms with Crippen molar-refractivity contribution >= 4 is 11.6 Å². The molecule has 0 amide bonds. The van der Waals surface area contributed by atoms with E-state index in [1.54, 1.807) is 25.3 Å². The Hall–Kier alpha value is -1.91. The summed E-state index contributed by atoms with van der Waals surface area (Å²) in [6, 6.07) is 10.6. The molecule has 1 N–H and O–H groups in total. The normalized spacial score (nSPS) is 11.9. The van der Waals surface area contributed by atoms with Gasteiger partial charge in [-0.05, 0) is 35.4 Å². The fraction of sp³-hybridized carbons (Fsp3) is 0.250. The van der Waals surface area contributed by atoms with Crippen LogP contribution in [0.25, 0.3) is 0 Å². The number of hydrogen-bond donors (Lipinski definition) is 1. The Bertz CT molecular complexity index is 628. The van der Waals surface area contributed by atoms with Crippen LogP contribution >= 0.6 is 11.6 Å². The molecular formula is C16H17ClO4. The maximum atomic E-state index is 10.5. The van der Waals surface area contributed by atoms with Crippen LogP contribution in [-0.4, -0.2) is 26.4 Å². The molecule has 0 aliphatic rings. The van der Waals surface area contributed by atoms with Gasteiger partial charge in [-0.2, -0.15) is 0 Å². The van der Waals surface area contributed by atoms with Crippen LogP contribution in [0.2, 0.25) is 5.02 Å². The summed E-state index contributed by atoms with van der Waals surface area (Å²) < 4.78 is 15.6. The van der Waals surface area contributed by atoms with Gasteiger partial charge < -0.3 is 19.3 Å². The highest BCUT2D eigenvalue weighted by Gasteiger charge is 2.17. The van der Waals surface area contributed by atoms with E-state index in [0.717, 1.165) is 0 Å². The van der Waals surface area contributed by atoms with Crippen LogP contribution in [0.15, 0.2) is 36.4 Å². The first-order valence-corrected chi connectivity index (χ1v) is 6.72. The van der Waals surface area contributed by atoms with Crippen molar-refractivity contribution in [3.63, 3.8) is 0 Å². The first kappa shape index (κ1) is 15.5. The number of rotatable bonds is 5. The van der Waals surface area contributed by atoms with Crippen molar-refractivity contribution in [2.75, 3.05) is 21.3 Å². The summed E-state index contributed by atoms with van der Waals surface area (Å²) >= 11 is 6.16. The number of aliphatic hydroxyl groups is 1. The SMILES string of the molecule is COc1cccc(C(O)c2cc(Cl)c(OC)c(OC)c2)c1. The molecule has 0 saturated heterocycles. The van der Waals surface area contributed by atoms with Gasteiger partial charge in [-0.25, -0.2) is 0 Å². The third-order valence-corrected chi connectivity index (χ3v) is 3.46. The summed E-state index contributed by atoms with van der Waals surface area (Å²) in [7, 11) is 4.62. The van der Waals surface area contributed by atoms with Crippen LogP contribution < -0.4 is 14.2 Å². The molecule has 21 heavy (non-hydrogen) atoms. The van der Waals surface area contributed by atoms with E-state index in [2.05, 4.69) is 0 Å². The minimum absolute atomic E-state index is 0.383. The molecule has 112 valence electrons. The van der Waals surface area contributed by atoms with E-state index in [9.17, 15) is 5.11 Å². The lowest BCUT2D eigenvalue weighted by molar-refractivity contribution is 0.219. The number of aliphatic hydroxyl groups excluding tert-OH is 1. The molecule has 2 aromatic carbocycles. The van der Waals surface area contributed by atoms with Crippen molar-refractivity contribution in [1.29, 1.82) is 0 Å². The van der Waals surface area contributed by atoms with Gasteiger partial charge >= 0.3 is 0 Å². The largest absolute Gasteiger partial charge is 0.497 e. The van der Waals surface area contributed by atoms with Crippen molar-refractivity contribution < 1.29 is 19.3 Å². The van der Waals surface area contributed by atoms with Gasteiger partial charge in [-0.1, -0.05) is 23.7 Å². The Morgan fingerprint density at radius 2 is 1.71 bits per heavy atom. The molecule has 0 aliphatic heterocycles. The maximum Gasteiger partial charge on any atom is 0.179 e. The van der Waals surface area contributed by atoms with Crippen molar-refractivity contribution in [3.8, 4) is 17.2 Å². The Balaban J connectivity index is 2.43. The van der Waals surface area contributed by atoms with E-state index < -0.39 is 6.10 Å². The molecule has 2 rings (SSSR count). The van der Waals surface area contributed by atoms with Crippen LogP contribution in [0.4, 0.5) is 0 Å². The second kappa shape index (κ2) is 6.70. The second-order valence-electron chi connectivity index (χ2n) is 4.42. The molecule has 1 unspecified atom stereocenters. The zero-order valence-corrected chi connectivity index (χ0v) is 12.8. The lowest BCUT2D eigenvalue weighted by Gasteiger charge is -2.16. The van der Waals surface area contributed by atoms with Gasteiger partial charge in [-0.15, -0.1) is 0 Å². The predicted molar refractivity (Wildman–Crippen MR) is 81.6 cm³/mol. The number of ether oxygens (including phenoxy) is 3. The lowest BCUT2D eigenvalue weighted by atomic mass is 10.0. The Labute approximate surface area is 128 Å². The fourth-order valence-electron chi connectivity index (χ4n) is 2.10. The van der Waals surface area contributed by atoms with E-state index in [-0.39, 0.29) is 0 Å². The third kappa shape index (κ3) is 3.23. The molecule has 5 heteroatoms. The number of hydrogen-bond acceptors (Lipinski definition) is 4. The number of halogens is 1. The number of benzene rings is 2. The highest BCUT2D eigenvalue weighted by molar-refractivity contribution is 6.32. The summed E-state index contributed by atoms with van der Waals surface area (Å²) in [5.41, 5.74) is 1.32. The molecule has 0 aromatic heterocycles. The molecule has 0 bridgehead atoms. The lowest BCUT2D eigenvalue weighted by Crippen LogP contribution is -2.02. The van der Waals surface area contributed by atoms with E-state index in [1.807, 2.05) is 18.2 Å². The van der Waals surface area contributed by atoms with E-state index in [4.69, 9.17) is 25.8 Å². The Morgan fingerprint density at radius 3 is 2.33 bits per heavy atom. The maximum absolute atomic E-state index is 10.5. The smallest absolute Gasteiger partial charge is 0.179 e. The summed E-state index contributed by atoms with van der Waals surface area (Å²) in [6.07, 6.45) is -0.836. The van der Waals surface area contributed by atoms with E-state index in [1.165, 1.54) is 14.2 Å². The molecule has 0 spiro atoms. The van der Waals surface area contributed by atoms with Crippen LogP contribution in [0, 0.1) is 0 Å². The molecule has 0 heterocycles. The molecule has 4 nitrogen and oxygen atoms in total. The van der Waals surface area contributed by atoms with Crippen LogP contribution in [0.3, 0.4) is 0 Å². The van der Waals surface area contributed by atoms with Crippen molar-refractivity contribution in [2.24, 2.45) is 0 Å². The highest BCUT2D eigenvalue weighted by Crippen LogP contribution is 2.39. The van der Waals surface area contributed by atoms with Gasteiger partial charge in [0.2, 0.25) is 0 Å². The van der Waals surface area contributed by atoms with Crippen LogP contribution in [0.5, 0.6) is 17.2 Å². The van der Waals surface area contributed by atoms with Crippen LogP contribution in [-0.2, 0) is 0 Å². The van der Waals surface area contributed by atoms with Crippen molar-refractivity contribution in [1.82, 2.24) is 0 Å². The fourth-order valence-corrected chi connectivity index (χ4v) is 2.40. The van der Waals surface area contributed by atoms with Gasteiger partial charge in [0.05, 0.1) is 26.4 Å². The van der Waals surface area contributed by atoms with Crippen LogP contribution in [0.1, 0.15) is 17.2 Å². The minimum atomic E-state index is -0.836. The third-order valence-electron chi connectivity index (χ3n) is 3.18. The molecule has 0 saturated carbocycles. The van der Waals surface area contributed by atoms with Gasteiger partial charge in [0.1, 0.15) is 11.9 Å². The van der Waals surface area contributed by atoms with Gasteiger partial charge in [0, 0.05) is 0 Å². The zero-order valence-electron chi connectivity index (χ0n) is 12.1. The Morgan fingerprint density at radius 1 is 0.952 bits per heavy atom. The highest BCUT2D eigenvalue weighted by atomic mass is 35.5. The molecule has 1 atom stereocenters. The van der Waals surface area contributed by atoms with E-state index in [0.29, 0.717) is 33.4 Å².